The minimum atomic E-state index is -0.272. The fourth-order valence-corrected chi connectivity index (χ4v) is 2.48. The molecule has 0 radical (unpaired) electrons. The second kappa shape index (κ2) is 5.35. The van der Waals surface area contributed by atoms with E-state index in [1.807, 2.05) is 35.9 Å². The normalized spacial score (nSPS) is 14.0. The summed E-state index contributed by atoms with van der Waals surface area (Å²) < 4.78 is 7.06. The molecule has 2 aromatic heterocycles. The van der Waals surface area contributed by atoms with Crippen molar-refractivity contribution in [3.63, 3.8) is 0 Å². The number of benzene rings is 1. The van der Waals surface area contributed by atoms with E-state index in [0.29, 0.717) is 17.5 Å². The van der Waals surface area contributed by atoms with Gasteiger partial charge >= 0.3 is 0 Å². The van der Waals surface area contributed by atoms with Gasteiger partial charge in [-0.1, -0.05) is 12.1 Å². The van der Waals surface area contributed by atoms with Crippen molar-refractivity contribution in [2.24, 2.45) is 0 Å². The number of nitrogens with zero attached hydrogens (tertiary/aromatic N) is 4. The fraction of sp³-hybridized carbons (Fsp3) is 0.250. The zero-order valence-electron chi connectivity index (χ0n) is 12.6. The molecule has 2 heterocycles. The second-order valence-electron chi connectivity index (χ2n) is 5.65. The first-order valence-electron chi connectivity index (χ1n) is 7.46. The number of rotatable bonds is 4. The molecule has 0 bridgehead atoms. The number of hydrogen-bond acceptors (Lipinski definition) is 5. The first-order chi connectivity index (χ1) is 11.2. The van der Waals surface area contributed by atoms with Crippen LogP contribution < -0.4 is 5.32 Å². The number of anilines is 1. The Morgan fingerprint density at radius 1 is 1.35 bits per heavy atom. The number of aromatic nitrogens is 4. The molecular weight excluding hydrogens is 294 g/mol. The molecule has 1 N–H and O–H groups in total. The summed E-state index contributed by atoms with van der Waals surface area (Å²) >= 11 is 0. The highest BCUT2D eigenvalue weighted by Gasteiger charge is 2.28. The Hall–Kier alpha value is -2.96. The lowest BCUT2D eigenvalue weighted by Crippen LogP contribution is -2.12. The van der Waals surface area contributed by atoms with Crippen molar-refractivity contribution in [3.05, 3.63) is 47.9 Å². The van der Waals surface area contributed by atoms with Gasteiger partial charge < -0.3 is 9.73 Å². The van der Waals surface area contributed by atoms with Crippen molar-refractivity contribution in [3.8, 4) is 11.4 Å². The van der Waals surface area contributed by atoms with Crippen molar-refractivity contribution in [2.45, 2.75) is 25.8 Å². The third-order valence-electron chi connectivity index (χ3n) is 3.83. The molecule has 1 aliphatic rings. The minimum absolute atomic E-state index is 0.272. The summed E-state index contributed by atoms with van der Waals surface area (Å²) in [5, 5.41) is 14.8. The van der Waals surface area contributed by atoms with Gasteiger partial charge in [0, 0.05) is 16.8 Å². The highest BCUT2D eigenvalue weighted by Crippen LogP contribution is 2.36. The average molecular weight is 309 g/mol. The molecule has 1 fully saturated rings. The van der Waals surface area contributed by atoms with Crippen molar-refractivity contribution in [1.29, 1.82) is 0 Å². The van der Waals surface area contributed by atoms with Crippen LogP contribution in [0.5, 0.6) is 0 Å². The number of tetrazole rings is 1. The Labute approximate surface area is 132 Å². The zero-order valence-corrected chi connectivity index (χ0v) is 12.6. The third kappa shape index (κ3) is 2.61. The van der Waals surface area contributed by atoms with Gasteiger partial charge in [-0.2, -0.15) is 0 Å². The zero-order chi connectivity index (χ0) is 15.8. The standard InChI is InChI=1S/C16H15N5O2/c1-10-7-8-23-14(10)16(22)17-12-4-2-3-11(9-12)15-18-19-20-21(15)13-5-6-13/h2-4,7-9,13H,5-6H2,1H3,(H,17,22). The fourth-order valence-electron chi connectivity index (χ4n) is 2.48. The van der Waals surface area contributed by atoms with Gasteiger partial charge in [0.25, 0.3) is 5.91 Å². The molecule has 1 aliphatic carbocycles. The topological polar surface area (TPSA) is 85.8 Å². The number of aryl methyl sites for hydroxylation is 1. The first-order valence-corrected chi connectivity index (χ1v) is 7.46. The summed E-state index contributed by atoms with van der Waals surface area (Å²) in [6.45, 7) is 1.83. The number of amides is 1. The van der Waals surface area contributed by atoms with Gasteiger partial charge in [-0.3, -0.25) is 4.79 Å². The largest absolute Gasteiger partial charge is 0.459 e. The SMILES string of the molecule is Cc1ccoc1C(=O)Nc1cccc(-c2nnnn2C2CC2)c1. The van der Waals surface area contributed by atoms with Gasteiger partial charge in [0.15, 0.2) is 11.6 Å². The third-order valence-corrected chi connectivity index (χ3v) is 3.83. The van der Waals surface area contributed by atoms with E-state index in [1.165, 1.54) is 6.26 Å². The molecule has 1 aromatic carbocycles. The number of furan rings is 1. The van der Waals surface area contributed by atoms with E-state index in [-0.39, 0.29) is 5.91 Å². The van der Waals surface area contributed by atoms with Crippen LogP contribution in [-0.2, 0) is 0 Å². The average Bonchev–Trinajstić information content (AvgIpc) is 3.11. The van der Waals surface area contributed by atoms with E-state index in [0.717, 1.165) is 29.8 Å². The maximum atomic E-state index is 12.2. The van der Waals surface area contributed by atoms with E-state index >= 15 is 0 Å². The van der Waals surface area contributed by atoms with Crippen LogP contribution in [0.3, 0.4) is 0 Å². The molecule has 0 unspecified atom stereocenters. The lowest BCUT2D eigenvalue weighted by molar-refractivity contribution is 0.0996. The van der Waals surface area contributed by atoms with Crippen LogP contribution in [0.25, 0.3) is 11.4 Å². The minimum Gasteiger partial charge on any atom is -0.459 e. The van der Waals surface area contributed by atoms with Crippen LogP contribution in [0.15, 0.2) is 41.0 Å². The Morgan fingerprint density at radius 2 is 2.22 bits per heavy atom. The Kier molecular flexibility index (Phi) is 3.18. The predicted molar refractivity (Wildman–Crippen MR) is 82.9 cm³/mol. The van der Waals surface area contributed by atoms with Crippen LogP contribution in [0, 0.1) is 6.92 Å². The van der Waals surface area contributed by atoms with Gasteiger partial charge in [0.05, 0.1) is 12.3 Å². The highest BCUT2D eigenvalue weighted by molar-refractivity contribution is 6.03. The van der Waals surface area contributed by atoms with Crippen LogP contribution in [-0.4, -0.2) is 26.1 Å². The van der Waals surface area contributed by atoms with Crippen molar-refractivity contribution in [2.75, 3.05) is 5.32 Å². The smallest absolute Gasteiger partial charge is 0.291 e. The quantitative estimate of drug-likeness (QED) is 0.801. The monoisotopic (exact) mass is 309 g/mol. The van der Waals surface area contributed by atoms with Crippen LogP contribution >= 0.6 is 0 Å². The summed E-state index contributed by atoms with van der Waals surface area (Å²) in [5.41, 5.74) is 2.35. The van der Waals surface area contributed by atoms with Gasteiger partial charge in [0.2, 0.25) is 0 Å². The number of carbonyl (C=O) groups is 1. The molecule has 3 aromatic rings. The molecule has 23 heavy (non-hydrogen) atoms. The molecule has 1 amide bonds. The van der Waals surface area contributed by atoms with E-state index < -0.39 is 0 Å². The Balaban J connectivity index is 1.60. The van der Waals surface area contributed by atoms with Gasteiger partial charge in [-0.05, 0) is 48.4 Å². The summed E-state index contributed by atoms with van der Waals surface area (Å²) in [5.74, 6) is 0.766. The second-order valence-corrected chi connectivity index (χ2v) is 5.65. The predicted octanol–water partition coefficient (Wildman–Crippen LogP) is 2.83. The molecule has 7 heteroatoms. The van der Waals surface area contributed by atoms with Gasteiger partial charge in [-0.15, -0.1) is 5.10 Å². The van der Waals surface area contributed by atoms with Crippen molar-refractivity contribution >= 4 is 11.6 Å². The lowest BCUT2D eigenvalue weighted by Gasteiger charge is -2.07. The Morgan fingerprint density at radius 3 is 2.96 bits per heavy atom. The van der Waals surface area contributed by atoms with Crippen LogP contribution in [0.2, 0.25) is 0 Å². The van der Waals surface area contributed by atoms with Crippen LogP contribution in [0.1, 0.15) is 35.0 Å². The molecule has 0 atom stereocenters. The van der Waals surface area contributed by atoms with E-state index in [4.69, 9.17) is 4.42 Å². The number of nitrogens with one attached hydrogen (secondary N) is 1. The molecular formula is C16H15N5O2. The number of hydrogen-bond donors (Lipinski definition) is 1. The van der Waals surface area contributed by atoms with Gasteiger partial charge in [-0.25, -0.2) is 4.68 Å². The van der Waals surface area contributed by atoms with Crippen molar-refractivity contribution in [1.82, 2.24) is 20.2 Å². The highest BCUT2D eigenvalue weighted by atomic mass is 16.3. The maximum absolute atomic E-state index is 12.2. The first kappa shape index (κ1) is 13.7. The van der Waals surface area contributed by atoms with E-state index in [1.54, 1.807) is 6.07 Å². The summed E-state index contributed by atoms with van der Waals surface area (Å²) in [6.07, 6.45) is 3.71. The molecule has 0 aliphatic heterocycles. The molecule has 0 spiro atoms. The lowest BCUT2D eigenvalue weighted by atomic mass is 10.2. The summed E-state index contributed by atoms with van der Waals surface area (Å²) in [7, 11) is 0. The number of carbonyl (C=O) groups excluding carboxylic acids is 1. The summed E-state index contributed by atoms with van der Waals surface area (Å²) in [4.78, 5) is 12.2. The van der Waals surface area contributed by atoms with E-state index in [2.05, 4.69) is 20.8 Å². The maximum Gasteiger partial charge on any atom is 0.291 e. The molecule has 116 valence electrons. The van der Waals surface area contributed by atoms with Gasteiger partial charge in [0.1, 0.15) is 0 Å². The summed E-state index contributed by atoms with van der Waals surface area (Å²) in [6, 6.07) is 9.63. The molecule has 4 rings (SSSR count). The van der Waals surface area contributed by atoms with E-state index in [9.17, 15) is 4.79 Å². The van der Waals surface area contributed by atoms with Crippen LogP contribution in [0.4, 0.5) is 5.69 Å². The molecule has 1 saturated carbocycles. The molecule has 0 saturated heterocycles. The molecule has 7 nitrogen and oxygen atoms in total. The Bertz CT molecular complexity index is 863. The van der Waals surface area contributed by atoms with Crippen molar-refractivity contribution < 1.29 is 9.21 Å².